The van der Waals surface area contributed by atoms with Crippen molar-refractivity contribution in [2.75, 3.05) is 17.6 Å². The molecule has 3 heterocycles. The van der Waals surface area contributed by atoms with E-state index in [4.69, 9.17) is 0 Å². The highest BCUT2D eigenvalue weighted by Gasteiger charge is 2.13. The van der Waals surface area contributed by atoms with Crippen molar-refractivity contribution in [2.24, 2.45) is 0 Å². The van der Waals surface area contributed by atoms with E-state index < -0.39 is 0 Å². The van der Waals surface area contributed by atoms with Crippen LogP contribution in [-0.2, 0) is 0 Å². The van der Waals surface area contributed by atoms with E-state index in [0.29, 0.717) is 10.9 Å². The molecule has 1 fully saturated rings. The van der Waals surface area contributed by atoms with Crippen molar-refractivity contribution in [3.63, 3.8) is 0 Å². The van der Waals surface area contributed by atoms with E-state index in [1.54, 1.807) is 0 Å². The Balaban J connectivity index is 1.63. The zero-order valence-electron chi connectivity index (χ0n) is 9.41. The molecular weight excluding hydrogens is 236 g/mol. The van der Waals surface area contributed by atoms with Gasteiger partial charge in [-0.2, -0.15) is 11.8 Å². The van der Waals surface area contributed by atoms with E-state index in [9.17, 15) is 0 Å². The smallest absolute Gasteiger partial charge is 0.200 e. The molecular formula is C10H14N6S. The minimum atomic E-state index is 0.669. The van der Waals surface area contributed by atoms with Crippen molar-refractivity contribution >= 4 is 23.2 Å². The molecule has 1 unspecified atom stereocenters. The first-order valence-electron chi connectivity index (χ1n) is 5.83. The van der Waals surface area contributed by atoms with E-state index in [-0.39, 0.29) is 0 Å². The predicted octanol–water partition coefficient (Wildman–Crippen LogP) is 1.22. The van der Waals surface area contributed by atoms with Crippen molar-refractivity contribution in [1.82, 2.24) is 25.3 Å². The van der Waals surface area contributed by atoms with Gasteiger partial charge >= 0.3 is 0 Å². The molecule has 0 spiro atoms. The van der Waals surface area contributed by atoms with Crippen LogP contribution in [0, 0.1) is 0 Å². The Morgan fingerprint density at radius 3 is 3.29 bits per heavy atom. The van der Waals surface area contributed by atoms with Gasteiger partial charge in [0.25, 0.3) is 0 Å². The molecule has 1 N–H and O–H groups in total. The number of fused-ring (bicyclic) bond motifs is 1. The van der Waals surface area contributed by atoms with Gasteiger partial charge in [-0.25, -0.2) is 0 Å². The summed E-state index contributed by atoms with van der Waals surface area (Å²) in [6, 6.07) is 3.78. The number of rotatable bonds is 3. The number of aromatic nitrogens is 5. The molecule has 0 aliphatic carbocycles. The maximum absolute atomic E-state index is 4.28. The van der Waals surface area contributed by atoms with Gasteiger partial charge in [-0.1, -0.05) is 6.42 Å². The number of hydrogen-bond donors (Lipinski definition) is 1. The number of anilines is 1. The summed E-state index contributed by atoms with van der Waals surface area (Å²) in [4.78, 5) is 0. The van der Waals surface area contributed by atoms with Crippen LogP contribution >= 0.6 is 11.8 Å². The van der Waals surface area contributed by atoms with Crippen molar-refractivity contribution < 1.29 is 0 Å². The van der Waals surface area contributed by atoms with Gasteiger partial charge in [-0.05, 0) is 41.2 Å². The number of nitrogens with one attached hydrogen (secondary N) is 1. The van der Waals surface area contributed by atoms with Gasteiger partial charge in [0.15, 0.2) is 5.65 Å². The molecule has 90 valence electrons. The quantitative estimate of drug-likeness (QED) is 0.883. The summed E-state index contributed by atoms with van der Waals surface area (Å²) in [6.07, 6.45) is 4.00. The molecule has 2 aromatic rings. The summed E-state index contributed by atoms with van der Waals surface area (Å²) in [5, 5.41) is 19.5. The number of hydrogen-bond acceptors (Lipinski definition) is 6. The molecule has 7 heteroatoms. The average Bonchev–Trinajstić information content (AvgIpc) is 2.85. The van der Waals surface area contributed by atoms with Crippen LogP contribution in [0.1, 0.15) is 19.3 Å². The molecule has 1 aliphatic heterocycles. The topological polar surface area (TPSA) is 68.0 Å². The van der Waals surface area contributed by atoms with E-state index in [0.717, 1.165) is 12.4 Å². The first-order chi connectivity index (χ1) is 8.42. The van der Waals surface area contributed by atoms with E-state index in [1.807, 2.05) is 12.1 Å². The second-order valence-corrected chi connectivity index (χ2v) is 5.52. The highest BCUT2D eigenvalue weighted by Crippen LogP contribution is 2.24. The van der Waals surface area contributed by atoms with Crippen LogP contribution in [0.2, 0.25) is 0 Å². The van der Waals surface area contributed by atoms with Crippen molar-refractivity contribution in [3.8, 4) is 0 Å². The number of nitrogens with zero attached hydrogens (tertiary/aromatic N) is 5. The summed E-state index contributed by atoms with van der Waals surface area (Å²) in [7, 11) is 0. The summed E-state index contributed by atoms with van der Waals surface area (Å²) < 4.78 is 1.44. The molecule has 17 heavy (non-hydrogen) atoms. The highest BCUT2D eigenvalue weighted by atomic mass is 32.2. The van der Waals surface area contributed by atoms with Gasteiger partial charge < -0.3 is 5.32 Å². The van der Waals surface area contributed by atoms with Crippen LogP contribution in [0.4, 0.5) is 5.82 Å². The minimum absolute atomic E-state index is 0.669. The molecule has 3 rings (SSSR count). The van der Waals surface area contributed by atoms with E-state index >= 15 is 0 Å². The lowest BCUT2D eigenvalue weighted by molar-refractivity contribution is 0.674. The molecule has 0 saturated carbocycles. The Labute approximate surface area is 103 Å². The Morgan fingerprint density at radius 2 is 2.41 bits per heavy atom. The first kappa shape index (κ1) is 10.8. The molecule has 6 nitrogen and oxygen atoms in total. The predicted molar refractivity (Wildman–Crippen MR) is 67.2 cm³/mol. The third-order valence-electron chi connectivity index (χ3n) is 2.85. The highest BCUT2D eigenvalue weighted by molar-refractivity contribution is 7.99. The fourth-order valence-electron chi connectivity index (χ4n) is 1.93. The first-order valence-corrected chi connectivity index (χ1v) is 6.87. The molecule has 1 atom stereocenters. The van der Waals surface area contributed by atoms with Crippen molar-refractivity contribution in [2.45, 2.75) is 24.5 Å². The zero-order valence-corrected chi connectivity index (χ0v) is 10.2. The maximum Gasteiger partial charge on any atom is 0.200 e. The SMILES string of the molecule is c1cc2nnnn2nc1NCC1CCCCS1. The lowest BCUT2D eigenvalue weighted by Gasteiger charge is -2.21. The fraction of sp³-hybridized carbons (Fsp3) is 0.600. The maximum atomic E-state index is 4.28. The van der Waals surface area contributed by atoms with Gasteiger partial charge in [-0.3, -0.25) is 0 Å². The van der Waals surface area contributed by atoms with Crippen LogP contribution < -0.4 is 5.32 Å². The van der Waals surface area contributed by atoms with Crippen LogP contribution in [0.3, 0.4) is 0 Å². The average molecular weight is 250 g/mol. The van der Waals surface area contributed by atoms with Gasteiger partial charge in [0.1, 0.15) is 5.82 Å². The van der Waals surface area contributed by atoms with Crippen LogP contribution in [0.15, 0.2) is 12.1 Å². The van der Waals surface area contributed by atoms with Crippen LogP contribution in [0.25, 0.3) is 5.65 Å². The molecule has 2 aromatic heterocycles. The fourth-order valence-corrected chi connectivity index (χ4v) is 3.17. The summed E-state index contributed by atoms with van der Waals surface area (Å²) in [5.41, 5.74) is 0.669. The monoisotopic (exact) mass is 250 g/mol. The standard InChI is InChI=1S/C10H14N6S/c1-2-6-17-8(3-1)7-11-9-4-5-10-12-14-15-16(10)13-9/h4-5,8H,1-3,6-7H2,(H,11,13). The Bertz CT molecular complexity index is 492. The molecule has 0 aromatic carbocycles. The third-order valence-corrected chi connectivity index (χ3v) is 4.25. The van der Waals surface area contributed by atoms with Crippen LogP contribution in [-0.4, -0.2) is 42.8 Å². The minimum Gasteiger partial charge on any atom is -0.367 e. The van der Waals surface area contributed by atoms with Gasteiger partial charge in [0.2, 0.25) is 0 Å². The Hall–Kier alpha value is -1.37. The van der Waals surface area contributed by atoms with E-state index in [1.165, 1.54) is 29.6 Å². The Kier molecular flexibility index (Phi) is 3.08. The lowest BCUT2D eigenvalue weighted by atomic mass is 10.2. The second kappa shape index (κ2) is 4.87. The second-order valence-electron chi connectivity index (χ2n) is 4.11. The summed E-state index contributed by atoms with van der Waals surface area (Å²) >= 11 is 2.05. The normalized spacial score (nSPS) is 20.6. The largest absolute Gasteiger partial charge is 0.367 e. The third kappa shape index (κ3) is 2.49. The van der Waals surface area contributed by atoms with Gasteiger partial charge in [0.05, 0.1) is 0 Å². The van der Waals surface area contributed by atoms with Crippen LogP contribution in [0.5, 0.6) is 0 Å². The van der Waals surface area contributed by atoms with Gasteiger partial charge in [0, 0.05) is 11.8 Å². The summed E-state index contributed by atoms with van der Waals surface area (Å²) in [5.74, 6) is 2.11. The molecule has 0 amide bonds. The summed E-state index contributed by atoms with van der Waals surface area (Å²) in [6.45, 7) is 0.964. The molecule has 1 aliphatic rings. The number of tetrazole rings is 1. The van der Waals surface area contributed by atoms with Crippen molar-refractivity contribution in [1.29, 1.82) is 0 Å². The Morgan fingerprint density at radius 1 is 1.41 bits per heavy atom. The number of thioether (sulfide) groups is 1. The van der Waals surface area contributed by atoms with Gasteiger partial charge in [-0.15, -0.1) is 14.8 Å². The van der Waals surface area contributed by atoms with E-state index in [2.05, 4.69) is 37.7 Å². The molecule has 1 saturated heterocycles. The van der Waals surface area contributed by atoms with Crippen molar-refractivity contribution in [3.05, 3.63) is 12.1 Å². The molecule has 0 radical (unpaired) electrons. The lowest BCUT2D eigenvalue weighted by Crippen LogP contribution is -2.20. The zero-order chi connectivity index (χ0) is 11.5. The molecule has 0 bridgehead atoms.